The van der Waals surface area contributed by atoms with Gasteiger partial charge in [0.2, 0.25) is 5.91 Å². The number of hydrogen-bond donors (Lipinski definition) is 1. The van der Waals surface area contributed by atoms with E-state index >= 15 is 0 Å². The van der Waals surface area contributed by atoms with E-state index in [1.807, 2.05) is 6.92 Å². The molecular formula is C12H16N2O4. The molecule has 1 aromatic rings. The summed E-state index contributed by atoms with van der Waals surface area (Å²) in [5, 5.41) is 13.2. The van der Waals surface area contributed by atoms with Crippen LogP contribution in [-0.4, -0.2) is 24.0 Å². The van der Waals surface area contributed by atoms with Gasteiger partial charge in [0.25, 0.3) is 5.69 Å². The van der Waals surface area contributed by atoms with Gasteiger partial charge in [0, 0.05) is 24.4 Å². The summed E-state index contributed by atoms with van der Waals surface area (Å²) >= 11 is 0. The number of carbonyl (C=O) groups is 1. The number of nitro benzene ring substituents is 1. The molecule has 0 aromatic heterocycles. The highest BCUT2D eigenvalue weighted by Gasteiger charge is 2.10. The lowest BCUT2D eigenvalue weighted by atomic mass is 10.2. The van der Waals surface area contributed by atoms with E-state index in [1.54, 1.807) is 6.92 Å². The number of amides is 1. The van der Waals surface area contributed by atoms with Gasteiger partial charge in [0.05, 0.1) is 4.92 Å². The van der Waals surface area contributed by atoms with Crippen molar-refractivity contribution in [3.63, 3.8) is 0 Å². The number of nitro groups is 1. The third kappa shape index (κ3) is 4.14. The van der Waals surface area contributed by atoms with E-state index in [-0.39, 0.29) is 18.2 Å². The molecule has 6 nitrogen and oxygen atoms in total. The molecule has 1 aromatic carbocycles. The van der Waals surface area contributed by atoms with E-state index in [0.717, 1.165) is 6.42 Å². The molecule has 0 radical (unpaired) electrons. The van der Waals surface area contributed by atoms with Gasteiger partial charge in [-0.25, -0.2) is 0 Å². The zero-order valence-electron chi connectivity index (χ0n) is 10.4. The number of carbonyl (C=O) groups excluding carboxylic acids is 1. The van der Waals surface area contributed by atoms with Crippen LogP contribution >= 0.6 is 0 Å². The number of nitrogens with one attached hydrogen (secondary N) is 1. The molecule has 1 N–H and O–H groups in total. The molecule has 0 unspecified atom stereocenters. The number of ether oxygens (including phenoxy) is 1. The number of hydrogen-bond acceptors (Lipinski definition) is 4. The Kier molecular flexibility index (Phi) is 5.26. The summed E-state index contributed by atoms with van der Waals surface area (Å²) in [7, 11) is 0. The lowest BCUT2D eigenvalue weighted by Gasteiger charge is -2.08. The molecule has 0 atom stereocenters. The molecule has 1 rings (SSSR count). The standard InChI is InChI=1S/C12H16N2O4/c1-3-6-18-8-12(15)13-11-5-4-10(14(16)17)7-9(11)2/h4-5,7H,3,6,8H2,1-2H3,(H,13,15). The third-order valence-corrected chi connectivity index (χ3v) is 2.28. The van der Waals surface area contributed by atoms with Gasteiger partial charge in [-0.15, -0.1) is 0 Å². The summed E-state index contributed by atoms with van der Waals surface area (Å²) < 4.78 is 5.10. The van der Waals surface area contributed by atoms with Crippen molar-refractivity contribution in [2.24, 2.45) is 0 Å². The minimum Gasteiger partial charge on any atom is -0.372 e. The van der Waals surface area contributed by atoms with Crippen LogP contribution in [-0.2, 0) is 9.53 Å². The van der Waals surface area contributed by atoms with Crippen molar-refractivity contribution in [3.05, 3.63) is 33.9 Å². The van der Waals surface area contributed by atoms with Crippen LogP contribution in [0.25, 0.3) is 0 Å². The van der Waals surface area contributed by atoms with Crippen LogP contribution in [0.5, 0.6) is 0 Å². The molecule has 0 aliphatic rings. The third-order valence-electron chi connectivity index (χ3n) is 2.28. The Bertz CT molecular complexity index is 446. The molecule has 18 heavy (non-hydrogen) atoms. The molecule has 0 aliphatic heterocycles. The smallest absolute Gasteiger partial charge is 0.269 e. The van der Waals surface area contributed by atoms with Gasteiger partial charge in [-0.2, -0.15) is 0 Å². The maximum absolute atomic E-state index is 11.5. The lowest BCUT2D eigenvalue weighted by Crippen LogP contribution is -2.19. The second kappa shape index (κ2) is 6.70. The summed E-state index contributed by atoms with van der Waals surface area (Å²) in [4.78, 5) is 21.6. The minimum absolute atomic E-state index is 0.00716. The van der Waals surface area contributed by atoms with E-state index < -0.39 is 4.92 Å². The fourth-order valence-electron chi connectivity index (χ4n) is 1.40. The average molecular weight is 252 g/mol. The predicted octanol–water partition coefficient (Wildman–Crippen LogP) is 2.27. The number of non-ortho nitro benzene ring substituents is 1. The summed E-state index contributed by atoms with van der Waals surface area (Å²) in [6, 6.07) is 4.29. The number of rotatable bonds is 6. The molecule has 0 saturated heterocycles. The molecule has 0 saturated carbocycles. The molecule has 1 amide bonds. The quantitative estimate of drug-likeness (QED) is 0.478. The van der Waals surface area contributed by atoms with Crippen LogP contribution in [0.1, 0.15) is 18.9 Å². The monoisotopic (exact) mass is 252 g/mol. The zero-order valence-corrected chi connectivity index (χ0v) is 10.4. The first-order chi connectivity index (χ1) is 8.54. The van der Waals surface area contributed by atoms with Gasteiger partial charge in [-0.3, -0.25) is 14.9 Å². The molecule has 0 bridgehead atoms. The van der Waals surface area contributed by atoms with Crippen molar-refractivity contribution in [2.75, 3.05) is 18.5 Å². The van der Waals surface area contributed by atoms with Crippen molar-refractivity contribution >= 4 is 17.3 Å². The normalized spacial score (nSPS) is 10.1. The second-order valence-corrected chi connectivity index (χ2v) is 3.86. The molecule has 98 valence electrons. The molecule has 0 aliphatic carbocycles. The van der Waals surface area contributed by atoms with Crippen LogP contribution < -0.4 is 5.32 Å². The van der Waals surface area contributed by atoms with Gasteiger partial charge < -0.3 is 10.1 Å². The van der Waals surface area contributed by atoms with Gasteiger partial charge in [0.1, 0.15) is 6.61 Å². The van der Waals surface area contributed by atoms with Crippen molar-refractivity contribution in [1.82, 2.24) is 0 Å². The first-order valence-electron chi connectivity index (χ1n) is 5.67. The summed E-state index contributed by atoms with van der Waals surface area (Å²) in [6.45, 7) is 4.19. The van der Waals surface area contributed by atoms with Gasteiger partial charge >= 0.3 is 0 Å². The van der Waals surface area contributed by atoms with Crippen molar-refractivity contribution < 1.29 is 14.5 Å². The first kappa shape index (κ1) is 14.1. The Morgan fingerprint density at radius 3 is 2.78 bits per heavy atom. The Labute approximate surface area is 105 Å². The Hall–Kier alpha value is -1.95. The largest absolute Gasteiger partial charge is 0.372 e. The van der Waals surface area contributed by atoms with E-state index in [4.69, 9.17) is 4.74 Å². The molecule has 0 fully saturated rings. The van der Waals surface area contributed by atoms with Gasteiger partial charge in [0.15, 0.2) is 0 Å². The Morgan fingerprint density at radius 1 is 1.50 bits per heavy atom. The number of aryl methyl sites for hydroxylation is 1. The van der Waals surface area contributed by atoms with Crippen molar-refractivity contribution in [3.8, 4) is 0 Å². The van der Waals surface area contributed by atoms with Crippen LogP contribution in [0, 0.1) is 17.0 Å². The maximum Gasteiger partial charge on any atom is 0.269 e. The topological polar surface area (TPSA) is 81.5 Å². The Morgan fingerprint density at radius 2 is 2.22 bits per heavy atom. The fourth-order valence-corrected chi connectivity index (χ4v) is 1.40. The number of benzene rings is 1. The van der Waals surface area contributed by atoms with Crippen LogP contribution in [0.3, 0.4) is 0 Å². The number of nitrogens with zero attached hydrogens (tertiary/aromatic N) is 1. The molecule has 0 spiro atoms. The summed E-state index contributed by atoms with van der Waals surface area (Å²) in [5.41, 5.74) is 1.21. The highest BCUT2D eigenvalue weighted by atomic mass is 16.6. The molecule has 6 heteroatoms. The van der Waals surface area contributed by atoms with Crippen molar-refractivity contribution in [1.29, 1.82) is 0 Å². The zero-order chi connectivity index (χ0) is 13.5. The molecular weight excluding hydrogens is 236 g/mol. The van der Waals surface area contributed by atoms with E-state index in [2.05, 4.69) is 5.32 Å². The SMILES string of the molecule is CCCOCC(=O)Nc1ccc([N+](=O)[O-])cc1C. The highest BCUT2D eigenvalue weighted by molar-refractivity contribution is 5.92. The second-order valence-electron chi connectivity index (χ2n) is 3.86. The van der Waals surface area contributed by atoms with Gasteiger partial charge in [-0.05, 0) is 25.0 Å². The summed E-state index contributed by atoms with van der Waals surface area (Å²) in [5.74, 6) is -0.264. The van der Waals surface area contributed by atoms with E-state index in [0.29, 0.717) is 17.9 Å². The van der Waals surface area contributed by atoms with Crippen LogP contribution in [0.2, 0.25) is 0 Å². The lowest BCUT2D eigenvalue weighted by molar-refractivity contribution is -0.384. The minimum atomic E-state index is -0.469. The fraction of sp³-hybridized carbons (Fsp3) is 0.417. The predicted molar refractivity (Wildman–Crippen MR) is 67.6 cm³/mol. The van der Waals surface area contributed by atoms with Gasteiger partial charge in [-0.1, -0.05) is 6.92 Å². The van der Waals surface area contributed by atoms with Crippen LogP contribution in [0.4, 0.5) is 11.4 Å². The summed E-state index contributed by atoms with van der Waals surface area (Å²) in [6.07, 6.45) is 0.851. The maximum atomic E-state index is 11.5. The Balaban J connectivity index is 2.62. The number of anilines is 1. The van der Waals surface area contributed by atoms with E-state index in [1.165, 1.54) is 18.2 Å². The van der Waals surface area contributed by atoms with E-state index in [9.17, 15) is 14.9 Å². The molecule has 0 heterocycles. The average Bonchev–Trinajstić information content (AvgIpc) is 2.32. The van der Waals surface area contributed by atoms with Crippen LogP contribution in [0.15, 0.2) is 18.2 Å². The first-order valence-corrected chi connectivity index (χ1v) is 5.67. The van der Waals surface area contributed by atoms with Crippen molar-refractivity contribution in [2.45, 2.75) is 20.3 Å². The highest BCUT2D eigenvalue weighted by Crippen LogP contribution is 2.20.